The summed E-state index contributed by atoms with van der Waals surface area (Å²) in [5.74, 6) is -1.45. The maximum Gasteiger partial charge on any atom is 0.472 e. The van der Waals surface area contributed by atoms with Crippen LogP contribution in [-0.2, 0) is 42.2 Å². The molecule has 12 heteroatoms. The number of esters is 3. The van der Waals surface area contributed by atoms with Crippen molar-refractivity contribution in [3.8, 4) is 0 Å². The van der Waals surface area contributed by atoms with Crippen molar-refractivity contribution in [3.05, 3.63) is 48.6 Å². The van der Waals surface area contributed by atoms with Gasteiger partial charge in [-0.25, -0.2) is 4.57 Å². The monoisotopic (exact) mass is 1120 g/mol. The number of ether oxygens (including phenoxy) is 3. The number of carbonyl (C=O) groups excluding carboxylic acids is 3. The van der Waals surface area contributed by atoms with Gasteiger partial charge in [0.1, 0.15) is 12.7 Å². The third kappa shape index (κ3) is 58.1. The lowest BCUT2D eigenvalue weighted by Gasteiger charge is -2.21. The van der Waals surface area contributed by atoms with Crippen molar-refractivity contribution in [2.75, 3.05) is 26.4 Å². The minimum atomic E-state index is -4.75. The normalized spacial score (nSPS) is 13.6. The van der Waals surface area contributed by atoms with Crippen LogP contribution in [0.1, 0.15) is 316 Å². The standard InChI is InChI=1S/C66H121O11P/c1-4-7-10-13-16-19-22-25-28-30-31-33-35-37-40-43-46-49-52-55-64(68)73-59-63(77-66(70)57-54-51-48-45-42-39-36-32-29-26-23-20-17-14-11-8-5-2)61-75-78(71,72)74-60-62(58-67)76-65(69)56-53-50-47-44-41-38-34-27-24-21-18-15-12-9-6-3/h7,10,16,19,25,28,31,33,62-63,67H,4-6,8-9,11-15,17-18,20-24,26-27,29-30,32,34-61H2,1-3H3,(H,71,72)/b10-7-,19-16-,28-25-,33-31-. The molecule has 0 spiro atoms. The lowest BCUT2D eigenvalue weighted by molar-refractivity contribution is -0.161. The number of hydrogen-bond acceptors (Lipinski definition) is 10. The van der Waals surface area contributed by atoms with E-state index in [9.17, 15) is 28.9 Å². The number of hydrogen-bond donors (Lipinski definition) is 2. The number of rotatable bonds is 61. The Morgan fingerprint density at radius 2 is 0.667 bits per heavy atom. The number of phosphoric acid groups is 1. The van der Waals surface area contributed by atoms with E-state index in [1.807, 2.05) is 0 Å². The first-order valence-electron chi connectivity index (χ1n) is 32.5. The minimum Gasteiger partial charge on any atom is -0.462 e. The van der Waals surface area contributed by atoms with Crippen molar-refractivity contribution in [1.29, 1.82) is 0 Å². The van der Waals surface area contributed by atoms with Gasteiger partial charge in [0.25, 0.3) is 0 Å². The fraction of sp³-hybridized carbons (Fsp3) is 0.833. The molecular formula is C66H121O11P. The SMILES string of the molecule is CC/C=C\C/C=C\C/C=C\C/C=C\CCCCCCCCC(=O)OCC(COP(=O)(O)OCC(CO)OC(=O)CCCCCCCCCCCCCCCCC)OC(=O)CCCCCCCCCCCCCCCCCCC. The first kappa shape index (κ1) is 75.4. The van der Waals surface area contributed by atoms with E-state index in [2.05, 4.69) is 69.4 Å². The van der Waals surface area contributed by atoms with Gasteiger partial charge < -0.3 is 24.2 Å². The number of carbonyl (C=O) groups is 3. The van der Waals surface area contributed by atoms with Crippen LogP contribution in [0.5, 0.6) is 0 Å². The van der Waals surface area contributed by atoms with Gasteiger partial charge in [0.15, 0.2) is 6.10 Å². The minimum absolute atomic E-state index is 0.169. The van der Waals surface area contributed by atoms with Gasteiger partial charge in [-0.05, 0) is 57.8 Å². The molecule has 0 aromatic rings. The van der Waals surface area contributed by atoms with Gasteiger partial charge in [0, 0.05) is 19.3 Å². The van der Waals surface area contributed by atoms with Crippen LogP contribution in [-0.4, -0.2) is 66.5 Å². The van der Waals surface area contributed by atoms with Gasteiger partial charge in [-0.1, -0.05) is 288 Å². The van der Waals surface area contributed by atoms with E-state index < -0.39 is 57.8 Å². The van der Waals surface area contributed by atoms with E-state index in [1.54, 1.807) is 0 Å². The Balaban J connectivity index is 4.69. The zero-order valence-corrected chi connectivity index (χ0v) is 51.5. The smallest absolute Gasteiger partial charge is 0.462 e. The largest absolute Gasteiger partial charge is 0.472 e. The molecule has 456 valence electrons. The van der Waals surface area contributed by atoms with Crippen molar-refractivity contribution in [2.45, 2.75) is 328 Å². The Bertz CT molecular complexity index is 1490. The topological polar surface area (TPSA) is 155 Å². The van der Waals surface area contributed by atoms with Gasteiger partial charge in [0.2, 0.25) is 0 Å². The van der Waals surface area contributed by atoms with Crippen LogP contribution in [0.25, 0.3) is 0 Å². The molecule has 0 aliphatic rings. The number of aliphatic hydroxyl groups is 1. The highest BCUT2D eigenvalue weighted by Gasteiger charge is 2.28. The maximum atomic E-state index is 13.0. The molecule has 0 heterocycles. The number of allylic oxidation sites excluding steroid dienone is 8. The lowest BCUT2D eigenvalue weighted by atomic mass is 10.0. The zero-order valence-electron chi connectivity index (χ0n) is 50.6. The van der Waals surface area contributed by atoms with Crippen LogP contribution in [0.2, 0.25) is 0 Å². The molecular weight excluding hydrogens is 1000 g/mol. The van der Waals surface area contributed by atoms with Crippen molar-refractivity contribution < 1.29 is 52.2 Å². The Morgan fingerprint density at radius 1 is 0.372 bits per heavy atom. The van der Waals surface area contributed by atoms with Crippen molar-refractivity contribution in [1.82, 2.24) is 0 Å². The van der Waals surface area contributed by atoms with E-state index in [4.69, 9.17) is 23.3 Å². The quantitative estimate of drug-likeness (QED) is 0.0197. The average Bonchev–Trinajstić information content (AvgIpc) is 3.43. The van der Waals surface area contributed by atoms with Gasteiger partial charge in [-0.3, -0.25) is 23.4 Å². The lowest BCUT2D eigenvalue weighted by Crippen LogP contribution is -2.30. The second-order valence-corrected chi connectivity index (χ2v) is 23.4. The second kappa shape index (κ2) is 60.5. The molecule has 3 atom stereocenters. The van der Waals surface area contributed by atoms with Crippen LogP contribution < -0.4 is 0 Å². The predicted octanol–water partition coefficient (Wildman–Crippen LogP) is 19.7. The first-order valence-corrected chi connectivity index (χ1v) is 34.0. The highest BCUT2D eigenvalue weighted by molar-refractivity contribution is 7.47. The van der Waals surface area contributed by atoms with Crippen molar-refractivity contribution >= 4 is 25.7 Å². The third-order valence-electron chi connectivity index (χ3n) is 14.3. The Labute approximate surface area is 479 Å². The van der Waals surface area contributed by atoms with Crippen LogP contribution in [0.3, 0.4) is 0 Å². The number of aliphatic hydroxyl groups excluding tert-OH is 1. The summed E-state index contributed by atoms with van der Waals surface area (Å²) in [6.07, 6.45) is 66.3. The molecule has 78 heavy (non-hydrogen) atoms. The average molecular weight is 1120 g/mol. The summed E-state index contributed by atoms with van der Waals surface area (Å²) in [5, 5.41) is 9.85. The maximum absolute atomic E-state index is 13.0. The molecule has 2 N–H and O–H groups in total. The number of phosphoric ester groups is 1. The molecule has 0 saturated heterocycles. The summed E-state index contributed by atoms with van der Waals surface area (Å²) in [6, 6.07) is 0. The highest BCUT2D eigenvalue weighted by Crippen LogP contribution is 2.43. The molecule has 0 aliphatic carbocycles. The molecule has 3 unspecified atom stereocenters. The van der Waals surface area contributed by atoms with E-state index in [0.717, 1.165) is 103 Å². The molecule has 0 aromatic carbocycles. The Hall–Kier alpha value is -2.56. The second-order valence-electron chi connectivity index (χ2n) is 21.9. The van der Waals surface area contributed by atoms with Gasteiger partial charge >= 0.3 is 25.7 Å². The molecule has 0 saturated carbocycles. The molecule has 11 nitrogen and oxygen atoms in total. The van der Waals surface area contributed by atoms with E-state index >= 15 is 0 Å². The van der Waals surface area contributed by atoms with Crippen LogP contribution in [0.15, 0.2) is 48.6 Å². The van der Waals surface area contributed by atoms with Gasteiger partial charge in [-0.15, -0.1) is 0 Å². The van der Waals surface area contributed by atoms with E-state index in [0.29, 0.717) is 19.3 Å². The van der Waals surface area contributed by atoms with Crippen molar-refractivity contribution in [3.63, 3.8) is 0 Å². The zero-order chi connectivity index (χ0) is 56.9. The fourth-order valence-corrected chi connectivity index (χ4v) is 10.1. The predicted molar refractivity (Wildman–Crippen MR) is 325 cm³/mol. The van der Waals surface area contributed by atoms with Gasteiger partial charge in [-0.2, -0.15) is 0 Å². The summed E-state index contributed by atoms with van der Waals surface area (Å²) in [7, 11) is -4.75. The van der Waals surface area contributed by atoms with Gasteiger partial charge in [0.05, 0.1) is 19.8 Å². The van der Waals surface area contributed by atoms with Crippen molar-refractivity contribution in [2.24, 2.45) is 0 Å². The summed E-state index contributed by atoms with van der Waals surface area (Å²) >= 11 is 0. The fourth-order valence-electron chi connectivity index (χ4n) is 9.35. The molecule has 0 aromatic heterocycles. The van der Waals surface area contributed by atoms with Crippen LogP contribution in [0.4, 0.5) is 0 Å². The molecule has 0 aliphatic heterocycles. The number of unbranched alkanes of at least 4 members (excludes halogenated alkanes) is 36. The highest BCUT2D eigenvalue weighted by atomic mass is 31.2. The molecule has 0 amide bonds. The summed E-state index contributed by atoms with van der Waals surface area (Å²) in [6.45, 7) is 4.59. The molecule has 0 bridgehead atoms. The summed E-state index contributed by atoms with van der Waals surface area (Å²) in [5.41, 5.74) is 0. The molecule has 0 radical (unpaired) electrons. The van der Waals surface area contributed by atoms with Crippen LogP contribution in [0, 0.1) is 0 Å². The Kier molecular flexibility index (Phi) is 58.5. The van der Waals surface area contributed by atoms with Crippen LogP contribution >= 0.6 is 7.82 Å². The summed E-state index contributed by atoms with van der Waals surface area (Å²) < 4.78 is 39.7. The molecule has 0 rings (SSSR count). The van der Waals surface area contributed by atoms with E-state index in [-0.39, 0.29) is 25.9 Å². The first-order chi connectivity index (χ1) is 38.2. The van der Waals surface area contributed by atoms with E-state index in [1.165, 1.54) is 154 Å². The molecule has 0 fully saturated rings. The summed E-state index contributed by atoms with van der Waals surface area (Å²) in [4.78, 5) is 48.8. The third-order valence-corrected chi connectivity index (χ3v) is 15.2. The Morgan fingerprint density at radius 3 is 1.03 bits per heavy atom.